The predicted octanol–water partition coefficient (Wildman–Crippen LogP) is 3.76. The van der Waals surface area contributed by atoms with Gasteiger partial charge in [-0.25, -0.2) is 4.98 Å². The van der Waals surface area contributed by atoms with Gasteiger partial charge in [0.25, 0.3) is 5.91 Å². The number of aryl methyl sites for hydroxylation is 1. The first-order chi connectivity index (χ1) is 11.6. The van der Waals surface area contributed by atoms with Crippen LogP contribution in [-0.2, 0) is 6.54 Å². The van der Waals surface area contributed by atoms with E-state index in [1.165, 1.54) is 11.3 Å². The van der Waals surface area contributed by atoms with E-state index in [0.29, 0.717) is 12.1 Å². The zero-order valence-electron chi connectivity index (χ0n) is 13.2. The number of pyridine rings is 1. The van der Waals surface area contributed by atoms with Gasteiger partial charge in [0.05, 0.1) is 12.1 Å². The molecule has 3 rings (SSSR count). The summed E-state index contributed by atoms with van der Waals surface area (Å²) in [5.41, 5.74) is 7.23. The highest BCUT2D eigenvalue weighted by Crippen LogP contribution is 2.29. The van der Waals surface area contributed by atoms with E-state index in [2.05, 4.69) is 10.3 Å². The van der Waals surface area contributed by atoms with Crippen molar-refractivity contribution in [2.75, 3.05) is 5.73 Å². The van der Waals surface area contributed by atoms with Gasteiger partial charge >= 0.3 is 0 Å². The Balaban J connectivity index is 1.60. The summed E-state index contributed by atoms with van der Waals surface area (Å²) in [6.07, 6.45) is 1.56. The Morgan fingerprint density at radius 1 is 1.25 bits per heavy atom. The lowest BCUT2D eigenvalue weighted by atomic mass is 10.2. The van der Waals surface area contributed by atoms with Crippen LogP contribution in [0.5, 0.6) is 10.8 Å². The summed E-state index contributed by atoms with van der Waals surface area (Å²) in [6.45, 7) is 2.43. The molecule has 0 spiro atoms. The maximum atomic E-state index is 12.1. The summed E-state index contributed by atoms with van der Waals surface area (Å²) in [4.78, 5) is 17.0. The first-order valence-corrected chi connectivity index (χ1v) is 8.25. The molecule has 6 heteroatoms. The van der Waals surface area contributed by atoms with Crippen LogP contribution >= 0.6 is 11.3 Å². The third-order valence-corrected chi connectivity index (χ3v) is 4.31. The van der Waals surface area contributed by atoms with Gasteiger partial charge in [0, 0.05) is 11.1 Å². The summed E-state index contributed by atoms with van der Waals surface area (Å²) < 4.78 is 5.83. The summed E-state index contributed by atoms with van der Waals surface area (Å²) >= 11 is 1.49. The molecule has 0 saturated carbocycles. The van der Waals surface area contributed by atoms with Crippen molar-refractivity contribution in [3.8, 4) is 10.8 Å². The summed E-state index contributed by atoms with van der Waals surface area (Å²) in [7, 11) is 0. The molecule has 2 aromatic heterocycles. The maximum Gasteiger partial charge on any atom is 0.255 e. The molecule has 3 aromatic rings. The van der Waals surface area contributed by atoms with Crippen molar-refractivity contribution in [3.63, 3.8) is 0 Å². The molecule has 0 bridgehead atoms. The minimum absolute atomic E-state index is 0.227. The number of carbonyl (C=O) groups is 1. The molecule has 0 aliphatic carbocycles. The summed E-state index contributed by atoms with van der Waals surface area (Å²) in [5.74, 6) is 0.787. The van der Waals surface area contributed by atoms with E-state index < -0.39 is 0 Å². The molecule has 0 unspecified atom stereocenters. The molecule has 0 atom stereocenters. The number of hydrogen-bond acceptors (Lipinski definition) is 5. The van der Waals surface area contributed by atoms with Crippen molar-refractivity contribution >= 4 is 23.1 Å². The van der Waals surface area contributed by atoms with Crippen molar-refractivity contribution in [1.29, 1.82) is 0 Å². The number of benzene rings is 1. The fraction of sp³-hybridized carbons (Fsp3) is 0.111. The van der Waals surface area contributed by atoms with Crippen LogP contribution < -0.4 is 15.8 Å². The number of anilines is 1. The van der Waals surface area contributed by atoms with Crippen molar-refractivity contribution in [2.24, 2.45) is 0 Å². The Morgan fingerprint density at radius 2 is 2.12 bits per heavy atom. The van der Waals surface area contributed by atoms with Crippen LogP contribution in [0.2, 0.25) is 0 Å². The second-order valence-corrected chi connectivity index (χ2v) is 6.39. The lowest BCUT2D eigenvalue weighted by Gasteiger charge is -2.05. The van der Waals surface area contributed by atoms with Crippen molar-refractivity contribution in [3.05, 3.63) is 70.7 Å². The van der Waals surface area contributed by atoms with E-state index in [-0.39, 0.29) is 11.7 Å². The number of rotatable bonds is 5. The van der Waals surface area contributed by atoms with Gasteiger partial charge in [-0.05, 0) is 48.9 Å². The fourth-order valence-corrected chi connectivity index (χ4v) is 2.99. The minimum atomic E-state index is -0.241. The molecule has 0 saturated heterocycles. The molecule has 1 amide bonds. The Morgan fingerprint density at radius 3 is 2.92 bits per heavy atom. The predicted molar refractivity (Wildman–Crippen MR) is 95.4 cm³/mol. The van der Waals surface area contributed by atoms with Gasteiger partial charge in [-0.1, -0.05) is 12.1 Å². The van der Waals surface area contributed by atoms with Gasteiger partial charge in [-0.2, -0.15) is 0 Å². The standard InChI is InChI=1S/C18H17N3O2S/c1-12-4-2-5-13(10-12)23-16-8-7-14(24-16)11-21-18(22)15-6-3-9-20-17(15)19/h2-10H,11H2,1H3,(H2,19,20)(H,21,22). The van der Waals surface area contributed by atoms with Gasteiger partial charge in [0.15, 0.2) is 5.06 Å². The van der Waals surface area contributed by atoms with Crippen LogP contribution in [0, 0.1) is 6.92 Å². The maximum absolute atomic E-state index is 12.1. The van der Waals surface area contributed by atoms with E-state index >= 15 is 0 Å². The number of amides is 1. The van der Waals surface area contributed by atoms with Crippen molar-refractivity contribution in [1.82, 2.24) is 10.3 Å². The molecule has 2 heterocycles. The third kappa shape index (κ3) is 3.91. The Bertz CT molecular complexity index is 861. The first-order valence-electron chi connectivity index (χ1n) is 7.44. The zero-order chi connectivity index (χ0) is 16.9. The third-order valence-electron chi connectivity index (χ3n) is 3.35. The largest absolute Gasteiger partial charge is 0.447 e. The van der Waals surface area contributed by atoms with Crippen LogP contribution in [0.3, 0.4) is 0 Å². The molecular weight excluding hydrogens is 322 g/mol. The number of nitrogens with two attached hydrogens (primary N) is 1. The Labute approximate surface area is 144 Å². The lowest BCUT2D eigenvalue weighted by molar-refractivity contribution is 0.0952. The molecule has 0 aliphatic heterocycles. The monoisotopic (exact) mass is 339 g/mol. The average Bonchev–Trinajstić information content (AvgIpc) is 3.00. The Kier molecular flexibility index (Phi) is 4.77. The minimum Gasteiger partial charge on any atom is -0.447 e. The SMILES string of the molecule is Cc1cccc(Oc2ccc(CNC(=O)c3cccnc3N)s2)c1. The van der Waals surface area contributed by atoms with Crippen molar-refractivity contribution in [2.45, 2.75) is 13.5 Å². The highest BCUT2D eigenvalue weighted by molar-refractivity contribution is 7.13. The van der Waals surface area contributed by atoms with Gasteiger partial charge in [0.2, 0.25) is 0 Å². The smallest absolute Gasteiger partial charge is 0.255 e. The molecule has 0 aliphatic rings. The van der Waals surface area contributed by atoms with Gasteiger partial charge in [-0.15, -0.1) is 11.3 Å². The van der Waals surface area contributed by atoms with E-state index in [9.17, 15) is 4.79 Å². The van der Waals surface area contributed by atoms with Crippen LogP contribution in [0.15, 0.2) is 54.7 Å². The first kappa shape index (κ1) is 16.0. The summed E-state index contributed by atoms with van der Waals surface area (Å²) in [5, 5.41) is 3.62. The van der Waals surface area contributed by atoms with Crippen LogP contribution in [0.1, 0.15) is 20.8 Å². The number of carbonyl (C=O) groups excluding carboxylic acids is 1. The normalized spacial score (nSPS) is 10.4. The molecule has 122 valence electrons. The highest BCUT2D eigenvalue weighted by atomic mass is 32.1. The van der Waals surface area contributed by atoms with Crippen molar-refractivity contribution < 1.29 is 9.53 Å². The molecule has 0 fully saturated rings. The second-order valence-electron chi connectivity index (χ2n) is 5.26. The molecule has 0 radical (unpaired) electrons. The fourth-order valence-electron chi connectivity index (χ4n) is 2.18. The van der Waals surface area contributed by atoms with Crippen LogP contribution in [0.4, 0.5) is 5.82 Å². The average molecular weight is 339 g/mol. The number of thiophene rings is 1. The molecule has 24 heavy (non-hydrogen) atoms. The molecule has 5 nitrogen and oxygen atoms in total. The number of hydrogen-bond donors (Lipinski definition) is 2. The highest BCUT2D eigenvalue weighted by Gasteiger charge is 2.10. The van der Waals surface area contributed by atoms with Crippen LogP contribution in [-0.4, -0.2) is 10.9 Å². The number of ether oxygens (including phenoxy) is 1. The van der Waals surface area contributed by atoms with Gasteiger partial charge in [-0.3, -0.25) is 4.79 Å². The number of nitrogens with one attached hydrogen (secondary N) is 1. The Hall–Kier alpha value is -2.86. The van der Waals surface area contributed by atoms with Crippen LogP contribution in [0.25, 0.3) is 0 Å². The second kappa shape index (κ2) is 7.14. The number of nitrogen functional groups attached to an aromatic ring is 1. The van der Waals surface area contributed by atoms with E-state index in [1.54, 1.807) is 18.3 Å². The molecule has 3 N–H and O–H groups in total. The number of aromatic nitrogens is 1. The van der Waals surface area contributed by atoms with Gasteiger partial charge < -0.3 is 15.8 Å². The zero-order valence-corrected chi connectivity index (χ0v) is 14.0. The number of nitrogens with zero attached hydrogens (tertiary/aromatic N) is 1. The van der Waals surface area contributed by atoms with E-state index in [0.717, 1.165) is 21.3 Å². The topological polar surface area (TPSA) is 77.2 Å². The lowest BCUT2D eigenvalue weighted by Crippen LogP contribution is -2.23. The summed E-state index contributed by atoms with van der Waals surface area (Å²) in [6, 6.07) is 15.0. The van der Waals surface area contributed by atoms with E-state index in [4.69, 9.17) is 10.5 Å². The van der Waals surface area contributed by atoms with Gasteiger partial charge in [0.1, 0.15) is 11.6 Å². The molecule has 1 aromatic carbocycles. The quantitative estimate of drug-likeness (QED) is 0.742. The molecular formula is C18H17N3O2S. The van der Waals surface area contributed by atoms with E-state index in [1.807, 2.05) is 43.3 Å².